The molecular formula is C72H54BN3O2. The van der Waals surface area contributed by atoms with Crippen molar-refractivity contribution in [2.24, 2.45) is 0 Å². The van der Waals surface area contributed by atoms with E-state index in [-0.39, 0.29) is 17.5 Å². The summed E-state index contributed by atoms with van der Waals surface area (Å²) in [7, 11) is 0. The standard InChI is InChI=1S/C72H54BN3O2/c1-71(2,3)46-28-32-48(33-29-46)74-59-19-13-20-60-69(59)73(57-41-55-52-17-8-9-22-64(52)77-66(55)42-63(57)75(60)49-34-30-47(31-35-49)72(4,5)6)56-38-36-50(40-62(56)74)76(61-21-12-18-53-51-16-7-10-23-65(51)78-70(53)61)58-39-27-45-25-24-43-14-11-15-44-26-37-54(58)68(45)67(43)44/h7-42H,1-6H3. The fourth-order valence-electron chi connectivity index (χ4n) is 13.3. The van der Waals surface area contributed by atoms with E-state index in [9.17, 15) is 0 Å². The summed E-state index contributed by atoms with van der Waals surface area (Å²) >= 11 is 0. The molecular weight excluding hydrogens is 950 g/mol. The third-order valence-electron chi connectivity index (χ3n) is 17.1. The Morgan fingerprint density at radius 3 is 1.59 bits per heavy atom. The summed E-state index contributed by atoms with van der Waals surface area (Å²) in [6.45, 7) is 13.6. The van der Waals surface area contributed by atoms with Crippen LogP contribution in [0.15, 0.2) is 227 Å². The predicted molar refractivity (Wildman–Crippen MR) is 331 cm³/mol. The molecule has 0 radical (unpaired) electrons. The van der Waals surface area contributed by atoms with Crippen LogP contribution in [0.4, 0.5) is 51.2 Å². The molecule has 0 atom stereocenters. The van der Waals surface area contributed by atoms with E-state index in [0.29, 0.717) is 0 Å². The maximum absolute atomic E-state index is 6.98. The molecule has 14 aromatic rings. The zero-order valence-corrected chi connectivity index (χ0v) is 44.5. The minimum atomic E-state index is -0.120. The highest BCUT2D eigenvalue weighted by Gasteiger charge is 2.44. The molecule has 2 aromatic heterocycles. The van der Waals surface area contributed by atoms with Gasteiger partial charge in [-0.15, -0.1) is 0 Å². The summed E-state index contributed by atoms with van der Waals surface area (Å²) in [5.74, 6) is 0. The predicted octanol–water partition coefficient (Wildman–Crippen LogP) is 18.5. The second kappa shape index (κ2) is 16.1. The number of anilines is 9. The van der Waals surface area contributed by atoms with Crippen molar-refractivity contribution in [1.29, 1.82) is 0 Å². The molecule has 0 saturated heterocycles. The van der Waals surface area contributed by atoms with E-state index in [2.05, 4.69) is 275 Å². The Bertz CT molecular complexity index is 4770. The maximum Gasteiger partial charge on any atom is 0.252 e. The van der Waals surface area contributed by atoms with Gasteiger partial charge in [0.05, 0.1) is 11.4 Å². The van der Waals surface area contributed by atoms with Crippen LogP contribution in [-0.4, -0.2) is 6.71 Å². The van der Waals surface area contributed by atoms with Crippen molar-refractivity contribution in [3.05, 3.63) is 230 Å². The first kappa shape index (κ1) is 45.0. The number of fused-ring (bicyclic) bond motifs is 10. The van der Waals surface area contributed by atoms with Gasteiger partial charge in [-0.25, -0.2) is 0 Å². The van der Waals surface area contributed by atoms with Gasteiger partial charge in [-0.05, 0) is 138 Å². The van der Waals surface area contributed by atoms with Crippen molar-refractivity contribution in [2.45, 2.75) is 52.4 Å². The van der Waals surface area contributed by atoms with Crippen molar-refractivity contribution < 1.29 is 8.83 Å². The molecule has 0 saturated carbocycles. The average Bonchev–Trinajstić information content (AvgIpc) is 3.69. The van der Waals surface area contributed by atoms with Crippen molar-refractivity contribution in [3.63, 3.8) is 0 Å². The quantitative estimate of drug-likeness (QED) is 0.127. The number of benzene rings is 12. The Kier molecular flexibility index (Phi) is 9.31. The fraction of sp³-hybridized carbons (Fsp3) is 0.111. The van der Waals surface area contributed by atoms with E-state index in [1.54, 1.807) is 0 Å². The molecule has 0 fully saturated rings. The van der Waals surface area contributed by atoms with Gasteiger partial charge >= 0.3 is 0 Å². The highest BCUT2D eigenvalue weighted by atomic mass is 16.3. The summed E-state index contributed by atoms with van der Waals surface area (Å²) in [6.07, 6.45) is 0. The lowest BCUT2D eigenvalue weighted by Gasteiger charge is -2.44. The lowest BCUT2D eigenvalue weighted by Crippen LogP contribution is -2.61. The zero-order chi connectivity index (χ0) is 52.3. The van der Waals surface area contributed by atoms with Crippen LogP contribution in [0.1, 0.15) is 52.7 Å². The summed E-state index contributed by atoms with van der Waals surface area (Å²) < 4.78 is 13.7. The SMILES string of the molecule is CC(C)(C)c1ccc(N2c3cc(N(c4ccc5ccc6cccc7ccc4c5c67)c4cccc5c4oc4ccccc45)ccc3B3c4cc5c(cc4N(c4ccc(C(C)(C)C)cc4)c4cccc2c43)oc2ccccc25)cc1. The van der Waals surface area contributed by atoms with E-state index in [0.717, 1.165) is 95.1 Å². The molecule has 4 heterocycles. The first-order valence-electron chi connectivity index (χ1n) is 27.3. The van der Waals surface area contributed by atoms with Crippen LogP contribution in [0.25, 0.3) is 76.2 Å². The number of rotatable bonds is 5. The normalized spacial score (nSPS) is 13.4. The smallest absolute Gasteiger partial charge is 0.252 e. The van der Waals surface area contributed by atoms with Crippen LogP contribution in [0.3, 0.4) is 0 Å². The van der Waals surface area contributed by atoms with Gasteiger partial charge in [0.1, 0.15) is 16.7 Å². The van der Waals surface area contributed by atoms with Gasteiger partial charge in [-0.2, -0.15) is 0 Å². The molecule has 0 bridgehead atoms. The first-order valence-corrected chi connectivity index (χ1v) is 27.3. The molecule has 0 aliphatic carbocycles. The second-order valence-corrected chi connectivity index (χ2v) is 23.7. The number of hydrogen-bond acceptors (Lipinski definition) is 5. The molecule has 2 aliphatic heterocycles. The van der Waals surface area contributed by atoms with Crippen molar-refractivity contribution >= 4 is 150 Å². The Hall–Kier alpha value is -9.26. The van der Waals surface area contributed by atoms with Crippen LogP contribution >= 0.6 is 0 Å². The average molecular weight is 1000 g/mol. The van der Waals surface area contributed by atoms with Crippen LogP contribution in [0.5, 0.6) is 0 Å². The first-order chi connectivity index (χ1) is 37.9. The molecule has 372 valence electrons. The lowest BCUT2D eigenvalue weighted by molar-refractivity contribution is 0.590. The topological polar surface area (TPSA) is 36.0 Å². The van der Waals surface area contributed by atoms with E-state index in [1.165, 1.54) is 59.8 Å². The fourth-order valence-corrected chi connectivity index (χ4v) is 13.3. The molecule has 16 rings (SSSR count). The van der Waals surface area contributed by atoms with Gasteiger partial charge in [-0.1, -0.05) is 181 Å². The Morgan fingerprint density at radius 1 is 0.372 bits per heavy atom. The van der Waals surface area contributed by atoms with E-state index >= 15 is 0 Å². The Balaban J connectivity index is 0.992. The molecule has 0 spiro atoms. The second-order valence-electron chi connectivity index (χ2n) is 23.7. The monoisotopic (exact) mass is 1000 g/mol. The largest absolute Gasteiger partial charge is 0.456 e. The van der Waals surface area contributed by atoms with Gasteiger partial charge in [0.2, 0.25) is 0 Å². The maximum atomic E-state index is 6.98. The number of nitrogens with zero attached hydrogens (tertiary/aromatic N) is 3. The van der Waals surface area contributed by atoms with Gasteiger partial charge in [0, 0.05) is 72.8 Å². The summed E-state index contributed by atoms with van der Waals surface area (Å²) in [5, 5.41) is 11.8. The summed E-state index contributed by atoms with van der Waals surface area (Å²) in [6, 6.07) is 81.2. The number of furan rings is 2. The van der Waals surface area contributed by atoms with E-state index in [4.69, 9.17) is 8.83 Å². The minimum absolute atomic E-state index is 0.00944. The van der Waals surface area contributed by atoms with Gasteiger partial charge in [0.25, 0.3) is 6.71 Å². The Labute approximate surface area is 453 Å². The van der Waals surface area contributed by atoms with Gasteiger partial charge in [0.15, 0.2) is 5.58 Å². The van der Waals surface area contributed by atoms with Gasteiger partial charge < -0.3 is 23.5 Å². The van der Waals surface area contributed by atoms with Crippen LogP contribution in [0, 0.1) is 0 Å². The summed E-state index contributed by atoms with van der Waals surface area (Å²) in [4.78, 5) is 7.47. The lowest BCUT2D eigenvalue weighted by atomic mass is 9.33. The molecule has 0 N–H and O–H groups in total. The number of hydrogen-bond donors (Lipinski definition) is 0. The van der Waals surface area contributed by atoms with Crippen LogP contribution in [-0.2, 0) is 10.8 Å². The van der Waals surface area contributed by atoms with Crippen LogP contribution in [0.2, 0.25) is 0 Å². The molecule has 78 heavy (non-hydrogen) atoms. The van der Waals surface area contributed by atoms with E-state index < -0.39 is 0 Å². The van der Waals surface area contributed by atoms with Crippen molar-refractivity contribution in [2.75, 3.05) is 14.7 Å². The highest BCUT2D eigenvalue weighted by molar-refractivity contribution is 7.00. The molecule has 0 amide bonds. The third kappa shape index (κ3) is 6.50. The van der Waals surface area contributed by atoms with E-state index in [1.807, 2.05) is 0 Å². The number of para-hydroxylation sites is 3. The highest BCUT2D eigenvalue weighted by Crippen LogP contribution is 2.51. The zero-order valence-electron chi connectivity index (χ0n) is 44.5. The van der Waals surface area contributed by atoms with Gasteiger partial charge in [-0.3, -0.25) is 0 Å². The van der Waals surface area contributed by atoms with Crippen molar-refractivity contribution in [3.8, 4) is 0 Å². The molecule has 6 heteroatoms. The molecule has 2 aliphatic rings. The minimum Gasteiger partial charge on any atom is -0.456 e. The molecule has 0 unspecified atom stereocenters. The molecule has 12 aromatic carbocycles. The third-order valence-corrected chi connectivity index (χ3v) is 17.1. The summed E-state index contributed by atoms with van der Waals surface area (Å²) in [5.41, 5.74) is 19.6. The molecule has 5 nitrogen and oxygen atoms in total. The van der Waals surface area contributed by atoms with Crippen LogP contribution < -0.4 is 31.1 Å². The van der Waals surface area contributed by atoms with Crippen molar-refractivity contribution in [1.82, 2.24) is 0 Å². The Morgan fingerprint density at radius 2 is 0.923 bits per heavy atom.